The van der Waals surface area contributed by atoms with Crippen molar-refractivity contribution in [3.63, 3.8) is 0 Å². The lowest BCUT2D eigenvalue weighted by Gasteiger charge is -2.34. The molecule has 94 valence electrons. The van der Waals surface area contributed by atoms with Crippen molar-refractivity contribution in [3.05, 3.63) is 27.0 Å². The van der Waals surface area contributed by atoms with Gasteiger partial charge in [-0.1, -0.05) is 0 Å². The van der Waals surface area contributed by atoms with Crippen LogP contribution in [0.2, 0.25) is 0 Å². The van der Waals surface area contributed by atoms with Crippen LogP contribution in [0.5, 0.6) is 0 Å². The molecule has 0 spiro atoms. The summed E-state index contributed by atoms with van der Waals surface area (Å²) in [5.41, 5.74) is -1.55. The number of hydrogen-bond donors (Lipinski definition) is 4. The number of H-pyrrole nitrogens is 1. The first-order valence-electron chi connectivity index (χ1n) is 4.84. The highest BCUT2D eigenvalue weighted by Crippen LogP contribution is 2.21. The highest BCUT2D eigenvalue weighted by atomic mass is 16.5. The molecule has 0 aromatic carbocycles. The zero-order chi connectivity index (χ0) is 12.6. The molecular weight excluding hydrogens is 234 g/mol. The average molecular weight is 245 g/mol. The maximum absolute atomic E-state index is 11.4. The lowest BCUT2D eigenvalue weighted by Crippen LogP contribution is -2.53. The lowest BCUT2D eigenvalue weighted by atomic mass is 10.0. The number of aromatic amines is 1. The number of nitrogens with one attached hydrogen (secondary N) is 1. The fourth-order valence-corrected chi connectivity index (χ4v) is 1.55. The Morgan fingerprint density at radius 2 is 2.06 bits per heavy atom. The molecule has 0 amide bonds. The van der Waals surface area contributed by atoms with Crippen molar-refractivity contribution >= 4 is 0 Å². The van der Waals surface area contributed by atoms with Gasteiger partial charge in [-0.2, -0.15) is 9.78 Å². The van der Waals surface area contributed by atoms with E-state index in [1.165, 1.54) is 0 Å². The van der Waals surface area contributed by atoms with Crippen molar-refractivity contribution in [2.75, 3.05) is 6.61 Å². The number of aromatic nitrogens is 3. The molecule has 2 heterocycles. The summed E-state index contributed by atoms with van der Waals surface area (Å²) in [6.07, 6.45) is -4.61. The van der Waals surface area contributed by atoms with Gasteiger partial charge in [0.15, 0.2) is 6.23 Å². The van der Waals surface area contributed by atoms with Crippen LogP contribution in [0.1, 0.15) is 6.23 Å². The highest BCUT2D eigenvalue weighted by molar-refractivity contribution is 4.85. The van der Waals surface area contributed by atoms with Gasteiger partial charge in [0, 0.05) is 0 Å². The molecule has 0 unspecified atom stereocenters. The average Bonchev–Trinajstić information content (AvgIpc) is 2.28. The first kappa shape index (κ1) is 11.9. The van der Waals surface area contributed by atoms with Gasteiger partial charge in [-0.05, 0) is 0 Å². The molecular formula is C8H11N3O6. The predicted octanol–water partition coefficient (Wildman–Crippen LogP) is -3.46. The van der Waals surface area contributed by atoms with Crippen LogP contribution < -0.4 is 11.2 Å². The number of nitrogens with zero attached hydrogens (tertiary/aromatic N) is 2. The van der Waals surface area contributed by atoms with Crippen molar-refractivity contribution in [3.8, 4) is 0 Å². The Labute approximate surface area is 93.9 Å². The Bertz CT molecular complexity index is 510. The molecule has 9 nitrogen and oxygen atoms in total. The highest BCUT2D eigenvalue weighted by Gasteiger charge is 2.39. The SMILES string of the molecule is O=c1cnn([C@H]2OC[C@H](O)[C@H](O)[C@@H]2O)c(=O)[nH]1. The Kier molecular flexibility index (Phi) is 3.07. The molecule has 4 atom stereocenters. The van der Waals surface area contributed by atoms with Crippen LogP contribution in [0.4, 0.5) is 0 Å². The van der Waals surface area contributed by atoms with Crippen molar-refractivity contribution in [1.29, 1.82) is 0 Å². The molecule has 1 aromatic rings. The molecule has 2 rings (SSSR count). The second kappa shape index (κ2) is 4.37. The lowest BCUT2D eigenvalue weighted by molar-refractivity contribution is -0.215. The number of ether oxygens (including phenoxy) is 1. The van der Waals surface area contributed by atoms with Crippen molar-refractivity contribution < 1.29 is 20.1 Å². The summed E-state index contributed by atoms with van der Waals surface area (Å²) in [5.74, 6) is 0. The predicted molar refractivity (Wildman–Crippen MR) is 52.1 cm³/mol. The van der Waals surface area contributed by atoms with E-state index in [1.54, 1.807) is 0 Å². The number of aliphatic hydroxyl groups excluding tert-OH is 3. The van der Waals surface area contributed by atoms with Crippen molar-refractivity contribution in [2.24, 2.45) is 0 Å². The third-order valence-electron chi connectivity index (χ3n) is 2.45. The van der Waals surface area contributed by atoms with E-state index in [4.69, 9.17) is 4.74 Å². The van der Waals surface area contributed by atoms with Gasteiger partial charge in [0.25, 0.3) is 5.56 Å². The first-order valence-corrected chi connectivity index (χ1v) is 4.84. The van der Waals surface area contributed by atoms with E-state index < -0.39 is 35.8 Å². The Hall–Kier alpha value is -1.55. The molecule has 17 heavy (non-hydrogen) atoms. The van der Waals surface area contributed by atoms with E-state index in [9.17, 15) is 24.9 Å². The quantitative estimate of drug-likeness (QED) is 0.403. The van der Waals surface area contributed by atoms with Crippen LogP contribution in [0, 0.1) is 0 Å². The van der Waals surface area contributed by atoms with Crippen molar-refractivity contribution in [1.82, 2.24) is 14.8 Å². The summed E-state index contributed by atoms with van der Waals surface area (Å²) < 4.78 is 5.69. The minimum absolute atomic E-state index is 0.254. The standard InChI is InChI=1S/C8H11N3O6/c12-3-2-17-7(6(15)5(3)14)11-8(16)10-4(13)1-9-11/h1,3,5-7,12,14-15H,2H2,(H,10,13,16)/t3-,5-,6-,7-/m0/s1. The van der Waals surface area contributed by atoms with Crippen LogP contribution in [-0.2, 0) is 4.74 Å². The van der Waals surface area contributed by atoms with Gasteiger partial charge < -0.3 is 20.1 Å². The molecule has 0 aliphatic carbocycles. The van der Waals surface area contributed by atoms with Gasteiger partial charge in [0.05, 0.1) is 6.61 Å². The zero-order valence-electron chi connectivity index (χ0n) is 8.55. The monoisotopic (exact) mass is 245 g/mol. The van der Waals surface area contributed by atoms with E-state index >= 15 is 0 Å². The summed E-state index contributed by atoms with van der Waals surface area (Å²) in [6, 6.07) is 0. The molecule has 1 fully saturated rings. The third kappa shape index (κ3) is 2.13. The smallest absolute Gasteiger partial charge is 0.347 e. The number of hydrogen-bond acceptors (Lipinski definition) is 7. The summed E-state index contributed by atoms with van der Waals surface area (Å²) in [6.45, 7) is -0.254. The molecule has 0 saturated carbocycles. The normalized spacial score (nSPS) is 33.6. The molecule has 4 N–H and O–H groups in total. The van der Waals surface area contributed by atoms with Gasteiger partial charge in [-0.3, -0.25) is 9.78 Å². The topological polar surface area (TPSA) is 138 Å². The minimum atomic E-state index is -1.52. The summed E-state index contributed by atoms with van der Waals surface area (Å²) in [7, 11) is 0. The van der Waals surface area contributed by atoms with E-state index in [0.29, 0.717) is 4.68 Å². The van der Waals surface area contributed by atoms with Gasteiger partial charge in [-0.15, -0.1) is 0 Å². The third-order valence-corrected chi connectivity index (χ3v) is 2.45. The fraction of sp³-hybridized carbons (Fsp3) is 0.625. The van der Waals surface area contributed by atoms with Crippen LogP contribution in [-0.4, -0.2) is 55.0 Å². The minimum Gasteiger partial charge on any atom is -0.388 e. The molecule has 1 saturated heterocycles. The zero-order valence-corrected chi connectivity index (χ0v) is 8.55. The fourth-order valence-electron chi connectivity index (χ4n) is 1.55. The Balaban J connectivity index is 2.34. The maximum atomic E-state index is 11.4. The summed E-state index contributed by atoms with van der Waals surface area (Å²) in [4.78, 5) is 24.1. The molecule has 1 aliphatic heterocycles. The van der Waals surface area contributed by atoms with E-state index in [1.807, 2.05) is 4.98 Å². The molecule has 9 heteroatoms. The second-order valence-electron chi connectivity index (χ2n) is 3.66. The van der Waals surface area contributed by atoms with Gasteiger partial charge in [-0.25, -0.2) is 4.79 Å². The van der Waals surface area contributed by atoms with Gasteiger partial charge in [0.2, 0.25) is 0 Å². The molecule has 0 radical (unpaired) electrons. The first-order chi connectivity index (χ1) is 8.00. The summed E-state index contributed by atoms with van der Waals surface area (Å²) >= 11 is 0. The van der Waals surface area contributed by atoms with E-state index in [2.05, 4.69) is 5.10 Å². The summed E-state index contributed by atoms with van der Waals surface area (Å²) in [5, 5.41) is 31.8. The van der Waals surface area contributed by atoms with Crippen molar-refractivity contribution in [2.45, 2.75) is 24.5 Å². The van der Waals surface area contributed by atoms with Crippen LogP contribution >= 0.6 is 0 Å². The molecule has 0 bridgehead atoms. The van der Waals surface area contributed by atoms with Crippen LogP contribution in [0.3, 0.4) is 0 Å². The number of rotatable bonds is 1. The van der Waals surface area contributed by atoms with E-state index in [-0.39, 0.29) is 6.61 Å². The van der Waals surface area contributed by atoms with Gasteiger partial charge >= 0.3 is 5.69 Å². The Morgan fingerprint density at radius 1 is 1.35 bits per heavy atom. The van der Waals surface area contributed by atoms with Gasteiger partial charge in [0.1, 0.15) is 24.5 Å². The van der Waals surface area contributed by atoms with E-state index in [0.717, 1.165) is 6.20 Å². The number of aliphatic hydroxyl groups is 3. The van der Waals surface area contributed by atoms with Crippen LogP contribution in [0.25, 0.3) is 0 Å². The Morgan fingerprint density at radius 3 is 2.71 bits per heavy atom. The van der Waals surface area contributed by atoms with Crippen LogP contribution in [0.15, 0.2) is 15.8 Å². The largest absolute Gasteiger partial charge is 0.388 e. The molecule has 1 aliphatic rings. The molecule has 1 aromatic heterocycles. The maximum Gasteiger partial charge on any atom is 0.347 e. The second-order valence-corrected chi connectivity index (χ2v) is 3.66.